The van der Waals surface area contributed by atoms with Crippen LogP contribution >= 0.6 is 0 Å². The Morgan fingerprint density at radius 2 is 0.969 bits per heavy atom. The van der Waals surface area contributed by atoms with E-state index in [0.717, 1.165) is 96.3 Å². The van der Waals surface area contributed by atoms with Gasteiger partial charge in [-0.15, -0.1) is 0 Å². The number of carbonyl (C=O) groups is 1. The Morgan fingerprint density at radius 1 is 0.538 bits per heavy atom. The minimum atomic E-state index is -1.58. The molecule has 1 fully saturated rings. The molecule has 7 unspecified atom stereocenters. The average molecular weight is 908 g/mol. The topological polar surface area (TPSA) is 149 Å². The highest BCUT2D eigenvalue weighted by atomic mass is 16.7. The van der Waals surface area contributed by atoms with Crippen LogP contribution in [0.3, 0.4) is 0 Å². The second-order valence-corrected chi connectivity index (χ2v) is 17.2. The molecule has 0 spiro atoms. The number of hydrogen-bond acceptors (Lipinski definition) is 8. The molecule has 370 valence electrons. The standard InChI is InChI=1S/C56H93NO8/c1-3-5-7-9-11-13-15-17-18-19-20-21-22-23-24-25-26-27-28-29-30-31-32-34-36-38-40-42-44-46-52(60)57-49(48-64-56-55(63)54(62)53(61)51(47-58)65-56)50(59)45-43-41-39-37-35-33-16-14-12-10-8-6-4-2/h5,7,11,13,17-18,20-21,23-24,26-27,29-30,35,37,43,45,49-51,53-56,58-59,61-63H,3-4,6,8-10,12,14-16,19,22,25,28,31-34,36,38-42,44,46-48H2,1-2H3,(H,57,60)/b7-5-,13-11-,18-17-,21-20-,24-23-,27-26-,30-29-,37-35+,45-43+. The highest BCUT2D eigenvalue weighted by Gasteiger charge is 2.44. The number of hydrogen-bond donors (Lipinski definition) is 6. The SMILES string of the molecule is CC/C=C\C/C=C\C/C=C\C/C=C\C/C=C\C/C=C\C/C=C\CCCCCCCCCC(=O)NC(COC1OC(CO)C(O)C(O)C1O)C(O)/C=C/CC/C=C/CCCCCCCCC. The first-order chi connectivity index (χ1) is 31.8. The van der Waals surface area contributed by atoms with E-state index in [-0.39, 0.29) is 12.5 Å². The third-order valence-corrected chi connectivity index (χ3v) is 11.3. The molecule has 0 bridgehead atoms. The summed E-state index contributed by atoms with van der Waals surface area (Å²) < 4.78 is 11.2. The number of carbonyl (C=O) groups excluding carboxylic acids is 1. The van der Waals surface area contributed by atoms with Crippen molar-refractivity contribution in [2.24, 2.45) is 0 Å². The van der Waals surface area contributed by atoms with Gasteiger partial charge in [-0.1, -0.05) is 194 Å². The van der Waals surface area contributed by atoms with Crippen LogP contribution in [0.15, 0.2) is 109 Å². The number of aliphatic hydroxyl groups is 5. The van der Waals surface area contributed by atoms with Crippen LogP contribution in [0.5, 0.6) is 0 Å². The summed E-state index contributed by atoms with van der Waals surface area (Å²) in [6.45, 7) is 3.60. The fraction of sp³-hybridized carbons (Fsp3) is 0.661. The van der Waals surface area contributed by atoms with Gasteiger partial charge in [-0.05, 0) is 89.9 Å². The Bertz CT molecular complexity index is 1380. The summed E-state index contributed by atoms with van der Waals surface area (Å²) in [5.74, 6) is -0.205. The van der Waals surface area contributed by atoms with Crippen molar-refractivity contribution in [2.75, 3.05) is 13.2 Å². The van der Waals surface area contributed by atoms with Gasteiger partial charge >= 0.3 is 0 Å². The summed E-state index contributed by atoms with van der Waals surface area (Å²) >= 11 is 0. The van der Waals surface area contributed by atoms with Gasteiger partial charge in [0.05, 0.1) is 25.4 Å². The molecule has 1 aliphatic heterocycles. The van der Waals surface area contributed by atoms with Crippen LogP contribution in [0.2, 0.25) is 0 Å². The summed E-state index contributed by atoms with van der Waals surface area (Å²) in [4.78, 5) is 13.0. The van der Waals surface area contributed by atoms with Gasteiger partial charge in [-0.25, -0.2) is 0 Å². The summed E-state index contributed by atoms with van der Waals surface area (Å²) in [5.41, 5.74) is 0. The van der Waals surface area contributed by atoms with Crippen LogP contribution in [0.25, 0.3) is 0 Å². The maximum atomic E-state index is 13.0. The Hall–Kier alpha value is -3.15. The molecule has 0 aromatic heterocycles. The lowest BCUT2D eigenvalue weighted by Gasteiger charge is -2.40. The van der Waals surface area contributed by atoms with Crippen molar-refractivity contribution in [3.8, 4) is 0 Å². The molecule has 1 rings (SSSR count). The largest absolute Gasteiger partial charge is 0.394 e. The molecule has 7 atom stereocenters. The number of amides is 1. The lowest BCUT2D eigenvalue weighted by molar-refractivity contribution is -0.302. The number of allylic oxidation sites excluding steroid dienone is 17. The van der Waals surface area contributed by atoms with E-state index in [0.29, 0.717) is 6.42 Å². The van der Waals surface area contributed by atoms with E-state index in [1.165, 1.54) is 64.2 Å². The van der Waals surface area contributed by atoms with E-state index in [9.17, 15) is 30.3 Å². The molecular weight excluding hydrogens is 815 g/mol. The van der Waals surface area contributed by atoms with Crippen LogP contribution < -0.4 is 5.32 Å². The summed E-state index contributed by atoms with van der Waals surface area (Å²) in [6, 6.07) is -0.835. The molecule has 0 aliphatic carbocycles. The Kier molecular flexibility index (Phi) is 41.1. The number of rotatable bonds is 41. The molecule has 1 aliphatic rings. The maximum Gasteiger partial charge on any atom is 0.220 e. The first-order valence-corrected chi connectivity index (χ1v) is 25.6. The molecule has 9 nitrogen and oxygen atoms in total. The predicted molar refractivity (Wildman–Crippen MR) is 271 cm³/mol. The van der Waals surface area contributed by atoms with Crippen molar-refractivity contribution < 1.29 is 39.8 Å². The molecule has 9 heteroatoms. The molecule has 1 saturated heterocycles. The number of ether oxygens (including phenoxy) is 2. The van der Waals surface area contributed by atoms with Gasteiger partial charge < -0.3 is 40.3 Å². The van der Waals surface area contributed by atoms with E-state index in [4.69, 9.17) is 9.47 Å². The molecule has 0 aromatic carbocycles. The first-order valence-electron chi connectivity index (χ1n) is 25.6. The zero-order valence-electron chi connectivity index (χ0n) is 40.7. The van der Waals surface area contributed by atoms with E-state index in [1.54, 1.807) is 6.08 Å². The quantitative estimate of drug-likeness (QED) is 0.0262. The van der Waals surface area contributed by atoms with Gasteiger partial charge in [0.25, 0.3) is 0 Å². The lowest BCUT2D eigenvalue weighted by atomic mass is 9.99. The van der Waals surface area contributed by atoms with Crippen LogP contribution in [0, 0.1) is 0 Å². The summed E-state index contributed by atoms with van der Waals surface area (Å²) in [5, 5.41) is 54.2. The van der Waals surface area contributed by atoms with Crippen LogP contribution in [0.4, 0.5) is 0 Å². The molecule has 65 heavy (non-hydrogen) atoms. The van der Waals surface area contributed by atoms with E-state index >= 15 is 0 Å². The van der Waals surface area contributed by atoms with Crippen molar-refractivity contribution >= 4 is 5.91 Å². The highest BCUT2D eigenvalue weighted by molar-refractivity contribution is 5.76. The van der Waals surface area contributed by atoms with Gasteiger partial charge in [0.2, 0.25) is 5.91 Å². The van der Waals surface area contributed by atoms with Crippen molar-refractivity contribution in [1.82, 2.24) is 5.32 Å². The maximum absolute atomic E-state index is 13.0. The molecule has 6 N–H and O–H groups in total. The Labute approximate surface area is 396 Å². The smallest absolute Gasteiger partial charge is 0.220 e. The number of aliphatic hydroxyl groups excluding tert-OH is 5. The minimum absolute atomic E-state index is 0.205. The van der Waals surface area contributed by atoms with Gasteiger partial charge in [-0.2, -0.15) is 0 Å². The lowest BCUT2D eigenvalue weighted by Crippen LogP contribution is -2.60. The second kappa shape index (κ2) is 44.7. The van der Waals surface area contributed by atoms with Crippen LogP contribution in [0.1, 0.15) is 181 Å². The van der Waals surface area contributed by atoms with Gasteiger partial charge in [0.1, 0.15) is 24.4 Å². The summed E-state index contributed by atoms with van der Waals surface area (Å²) in [7, 11) is 0. The van der Waals surface area contributed by atoms with Gasteiger partial charge in [-0.3, -0.25) is 4.79 Å². The monoisotopic (exact) mass is 908 g/mol. The van der Waals surface area contributed by atoms with Gasteiger partial charge in [0.15, 0.2) is 6.29 Å². The van der Waals surface area contributed by atoms with Crippen LogP contribution in [-0.4, -0.2) is 87.5 Å². The normalized spacial score (nSPS) is 20.9. The molecule has 0 radical (unpaired) electrons. The van der Waals surface area contributed by atoms with Crippen molar-refractivity contribution in [3.63, 3.8) is 0 Å². The van der Waals surface area contributed by atoms with E-state index in [1.807, 2.05) is 6.08 Å². The third-order valence-electron chi connectivity index (χ3n) is 11.3. The fourth-order valence-corrected chi connectivity index (χ4v) is 7.27. The third kappa shape index (κ3) is 34.8. The van der Waals surface area contributed by atoms with Crippen molar-refractivity contribution in [2.45, 2.75) is 224 Å². The number of unbranched alkanes of at least 4 members (excludes halogenated alkanes) is 15. The predicted octanol–water partition coefficient (Wildman–Crippen LogP) is 11.8. The van der Waals surface area contributed by atoms with Crippen molar-refractivity contribution in [3.05, 3.63) is 109 Å². The zero-order valence-corrected chi connectivity index (χ0v) is 40.7. The second-order valence-electron chi connectivity index (χ2n) is 17.2. The minimum Gasteiger partial charge on any atom is -0.394 e. The molecule has 1 amide bonds. The fourth-order valence-electron chi connectivity index (χ4n) is 7.27. The van der Waals surface area contributed by atoms with Crippen LogP contribution in [-0.2, 0) is 14.3 Å². The van der Waals surface area contributed by atoms with Gasteiger partial charge in [0, 0.05) is 6.42 Å². The summed E-state index contributed by atoms with van der Waals surface area (Å²) in [6.07, 6.45) is 58.5. The average Bonchev–Trinajstić information content (AvgIpc) is 3.31. The Morgan fingerprint density at radius 3 is 1.48 bits per heavy atom. The molecular formula is C56H93NO8. The molecule has 0 saturated carbocycles. The zero-order chi connectivity index (χ0) is 47.3. The first kappa shape index (κ1) is 59.9. The highest BCUT2D eigenvalue weighted by Crippen LogP contribution is 2.22. The molecule has 0 aromatic rings. The van der Waals surface area contributed by atoms with Crippen molar-refractivity contribution in [1.29, 1.82) is 0 Å². The van der Waals surface area contributed by atoms with E-state index < -0.39 is 49.5 Å². The number of nitrogens with one attached hydrogen (secondary N) is 1. The Balaban J connectivity index is 2.28. The molecule has 1 heterocycles. The van der Waals surface area contributed by atoms with E-state index in [2.05, 4.69) is 116 Å².